The summed E-state index contributed by atoms with van der Waals surface area (Å²) < 4.78 is 35.6. The van der Waals surface area contributed by atoms with E-state index in [9.17, 15) is 18.0 Å². The van der Waals surface area contributed by atoms with Crippen LogP contribution in [0.25, 0.3) is 0 Å². The Bertz CT molecular complexity index is 395. The zero-order valence-corrected chi connectivity index (χ0v) is 10.6. The van der Waals surface area contributed by atoms with Gasteiger partial charge in [-0.15, -0.1) is 0 Å². The molecule has 0 bridgehead atoms. The largest absolute Gasteiger partial charge is 0.401 e. The van der Waals surface area contributed by atoms with Gasteiger partial charge in [-0.05, 0) is 24.1 Å². The summed E-state index contributed by atoms with van der Waals surface area (Å²) >= 11 is 0. The zero-order chi connectivity index (χ0) is 14.3. The molecule has 1 aromatic rings. The van der Waals surface area contributed by atoms with Crippen LogP contribution >= 0.6 is 0 Å². The molecule has 7 heteroatoms. The van der Waals surface area contributed by atoms with Crippen LogP contribution < -0.4 is 5.32 Å². The number of alkyl halides is 3. The number of nitrogens with zero attached hydrogens (tertiary/aromatic N) is 2. The molecule has 0 unspecified atom stereocenters. The number of hydrogen-bond donors (Lipinski definition) is 1. The number of nitrogens with one attached hydrogen (secondary N) is 1. The van der Waals surface area contributed by atoms with E-state index in [2.05, 4.69) is 10.3 Å². The van der Waals surface area contributed by atoms with Crippen LogP contribution in [0.1, 0.15) is 5.56 Å². The van der Waals surface area contributed by atoms with E-state index in [4.69, 9.17) is 0 Å². The standard InChI is InChI=1S/C12H16F3N3O/c1-18(7-4-10-2-5-16-6-3-10)11(19)8-17-9-12(13,14)15/h2-3,5-6,17H,4,7-9H2,1H3. The van der Waals surface area contributed by atoms with Crippen LogP contribution in [0.3, 0.4) is 0 Å². The highest BCUT2D eigenvalue weighted by Crippen LogP contribution is 2.11. The third kappa shape index (κ3) is 6.76. The highest BCUT2D eigenvalue weighted by atomic mass is 19.4. The van der Waals surface area contributed by atoms with Crippen molar-refractivity contribution in [3.8, 4) is 0 Å². The van der Waals surface area contributed by atoms with Crippen LogP contribution in [0.4, 0.5) is 13.2 Å². The maximum absolute atomic E-state index is 11.9. The fraction of sp³-hybridized carbons (Fsp3) is 0.500. The maximum atomic E-state index is 11.9. The van der Waals surface area contributed by atoms with E-state index in [-0.39, 0.29) is 12.5 Å². The van der Waals surface area contributed by atoms with E-state index in [1.165, 1.54) is 4.90 Å². The molecular weight excluding hydrogens is 259 g/mol. The summed E-state index contributed by atoms with van der Waals surface area (Å²) in [5, 5.41) is 2.08. The van der Waals surface area contributed by atoms with Crippen LogP contribution in [-0.2, 0) is 11.2 Å². The second-order valence-electron chi connectivity index (χ2n) is 4.14. The predicted molar refractivity (Wildman–Crippen MR) is 64.5 cm³/mol. The van der Waals surface area contributed by atoms with Gasteiger partial charge in [-0.1, -0.05) is 0 Å². The topological polar surface area (TPSA) is 45.2 Å². The van der Waals surface area contributed by atoms with Crippen LogP contribution in [-0.4, -0.2) is 48.6 Å². The van der Waals surface area contributed by atoms with Gasteiger partial charge in [0.15, 0.2) is 0 Å². The smallest absolute Gasteiger partial charge is 0.344 e. The Morgan fingerprint density at radius 1 is 1.37 bits per heavy atom. The normalized spacial score (nSPS) is 11.4. The van der Waals surface area contributed by atoms with E-state index in [1.807, 2.05) is 12.1 Å². The lowest BCUT2D eigenvalue weighted by molar-refractivity contribution is -0.133. The van der Waals surface area contributed by atoms with Crippen molar-refractivity contribution in [2.45, 2.75) is 12.6 Å². The Hall–Kier alpha value is -1.63. The van der Waals surface area contributed by atoms with Crippen molar-refractivity contribution in [1.29, 1.82) is 0 Å². The second-order valence-corrected chi connectivity index (χ2v) is 4.14. The summed E-state index contributed by atoms with van der Waals surface area (Å²) in [5.74, 6) is -0.363. The number of aromatic nitrogens is 1. The Balaban J connectivity index is 2.25. The molecule has 1 N–H and O–H groups in total. The predicted octanol–water partition coefficient (Wildman–Crippen LogP) is 1.23. The third-order valence-electron chi connectivity index (χ3n) is 2.51. The quantitative estimate of drug-likeness (QED) is 0.849. The van der Waals surface area contributed by atoms with E-state index in [0.717, 1.165) is 5.56 Å². The molecule has 0 aliphatic rings. The van der Waals surface area contributed by atoms with Crippen LogP contribution in [0, 0.1) is 0 Å². The minimum absolute atomic E-state index is 0.313. The van der Waals surface area contributed by atoms with Gasteiger partial charge in [-0.3, -0.25) is 9.78 Å². The number of likely N-dealkylation sites (N-methyl/N-ethyl adjacent to an activating group) is 1. The molecule has 0 aliphatic carbocycles. The molecule has 1 aromatic heterocycles. The van der Waals surface area contributed by atoms with Crippen LogP contribution in [0.2, 0.25) is 0 Å². The number of rotatable bonds is 6. The van der Waals surface area contributed by atoms with E-state index < -0.39 is 12.7 Å². The average molecular weight is 275 g/mol. The average Bonchev–Trinajstić information content (AvgIpc) is 2.35. The Kier molecular flexibility index (Phi) is 5.75. The molecule has 1 heterocycles. The SMILES string of the molecule is CN(CCc1ccncc1)C(=O)CNCC(F)(F)F. The number of pyridine rings is 1. The molecule has 19 heavy (non-hydrogen) atoms. The first-order valence-electron chi connectivity index (χ1n) is 5.79. The third-order valence-corrected chi connectivity index (χ3v) is 2.51. The lowest BCUT2D eigenvalue weighted by Crippen LogP contribution is -2.39. The summed E-state index contributed by atoms with van der Waals surface area (Å²) in [5.41, 5.74) is 1.03. The molecule has 0 spiro atoms. The maximum Gasteiger partial charge on any atom is 0.401 e. The lowest BCUT2D eigenvalue weighted by Gasteiger charge is -2.17. The molecular formula is C12H16F3N3O. The van der Waals surface area contributed by atoms with Gasteiger partial charge in [-0.25, -0.2) is 0 Å². The first-order valence-corrected chi connectivity index (χ1v) is 5.79. The number of carbonyl (C=O) groups excluding carboxylic acids is 1. The molecule has 1 amide bonds. The molecule has 0 saturated heterocycles. The van der Waals surface area contributed by atoms with Crippen molar-refractivity contribution in [2.24, 2.45) is 0 Å². The van der Waals surface area contributed by atoms with Gasteiger partial charge in [0.05, 0.1) is 13.1 Å². The molecule has 0 aromatic carbocycles. The van der Waals surface area contributed by atoms with E-state index in [0.29, 0.717) is 13.0 Å². The fourth-order valence-corrected chi connectivity index (χ4v) is 1.42. The minimum Gasteiger partial charge on any atom is -0.344 e. The van der Waals surface area contributed by atoms with Crippen molar-refractivity contribution in [2.75, 3.05) is 26.7 Å². The summed E-state index contributed by atoms with van der Waals surface area (Å²) in [6.07, 6.45) is -0.343. The number of halogens is 3. The van der Waals surface area contributed by atoms with Crippen molar-refractivity contribution < 1.29 is 18.0 Å². The zero-order valence-electron chi connectivity index (χ0n) is 10.6. The van der Waals surface area contributed by atoms with Crippen molar-refractivity contribution in [3.63, 3.8) is 0 Å². The number of amides is 1. The van der Waals surface area contributed by atoms with E-state index >= 15 is 0 Å². The Morgan fingerprint density at radius 2 is 2.00 bits per heavy atom. The van der Waals surface area contributed by atoms with Gasteiger partial charge < -0.3 is 10.2 Å². The van der Waals surface area contributed by atoms with Gasteiger partial charge in [-0.2, -0.15) is 13.2 Å². The molecule has 0 fully saturated rings. The van der Waals surface area contributed by atoms with Crippen LogP contribution in [0.15, 0.2) is 24.5 Å². The first kappa shape index (κ1) is 15.4. The van der Waals surface area contributed by atoms with Crippen LogP contribution in [0.5, 0.6) is 0 Å². The van der Waals surface area contributed by atoms with Gasteiger partial charge >= 0.3 is 6.18 Å². The molecule has 0 aliphatic heterocycles. The molecule has 0 saturated carbocycles. The minimum atomic E-state index is -4.30. The summed E-state index contributed by atoms with van der Waals surface area (Å²) in [7, 11) is 1.57. The highest BCUT2D eigenvalue weighted by Gasteiger charge is 2.26. The lowest BCUT2D eigenvalue weighted by atomic mass is 10.2. The van der Waals surface area contributed by atoms with E-state index in [1.54, 1.807) is 19.4 Å². The monoisotopic (exact) mass is 275 g/mol. The molecule has 0 atom stereocenters. The second kappa shape index (κ2) is 7.08. The molecule has 4 nitrogen and oxygen atoms in total. The molecule has 0 radical (unpaired) electrons. The number of carbonyl (C=O) groups is 1. The van der Waals surface area contributed by atoms with Gasteiger partial charge in [0.25, 0.3) is 0 Å². The summed E-state index contributed by atoms with van der Waals surface area (Å²) in [6.45, 7) is -1.01. The fourth-order valence-electron chi connectivity index (χ4n) is 1.42. The van der Waals surface area contributed by atoms with Crippen molar-refractivity contribution >= 4 is 5.91 Å². The van der Waals surface area contributed by atoms with Gasteiger partial charge in [0.1, 0.15) is 0 Å². The molecule has 106 valence electrons. The van der Waals surface area contributed by atoms with Crippen molar-refractivity contribution in [1.82, 2.24) is 15.2 Å². The Morgan fingerprint density at radius 3 is 2.58 bits per heavy atom. The summed E-state index contributed by atoms with van der Waals surface area (Å²) in [4.78, 5) is 16.8. The summed E-state index contributed by atoms with van der Waals surface area (Å²) in [6, 6.07) is 3.67. The Labute approximate surface area is 109 Å². The van der Waals surface area contributed by atoms with Gasteiger partial charge in [0.2, 0.25) is 5.91 Å². The highest BCUT2D eigenvalue weighted by molar-refractivity contribution is 5.77. The first-order chi connectivity index (χ1) is 8.88. The number of hydrogen-bond acceptors (Lipinski definition) is 3. The van der Waals surface area contributed by atoms with Gasteiger partial charge in [0, 0.05) is 26.0 Å². The molecule has 1 rings (SSSR count). The van der Waals surface area contributed by atoms with Crippen molar-refractivity contribution in [3.05, 3.63) is 30.1 Å².